The van der Waals surface area contributed by atoms with Crippen molar-refractivity contribution in [2.75, 3.05) is 7.11 Å². The fraction of sp³-hybridized carbons (Fsp3) is 0.417. The predicted molar refractivity (Wildman–Crippen MR) is 57.1 cm³/mol. The molecule has 0 aromatic heterocycles. The number of ether oxygens (including phenoxy) is 1. The molecule has 1 atom stereocenters. The van der Waals surface area contributed by atoms with Crippen LogP contribution >= 0.6 is 0 Å². The van der Waals surface area contributed by atoms with Gasteiger partial charge in [-0.05, 0) is 29.7 Å². The molecule has 2 nitrogen and oxygen atoms in total. The van der Waals surface area contributed by atoms with Gasteiger partial charge in [-0.25, -0.2) is 0 Å². The summed E-state index contributed by atoms with van der Waals surface area (Å²) in [6.45, 7) is 1.70. The normalized spacial score (nSPS) is 13.2. The summed E-state index contributed by atoms with van der Waals surface area (Å²) in [5.74, 6) is -0.115. The van der Waals surface area contributed by atoms with Gasteiger partial charge in [0.15, 0.2) is 0 Å². The summed E-state index contributed by atoms with van der Waals surface area (Å²) in [5.41, 5.74) is -0.312. The van der Waals surface area contributed by atoms with Crippen molar-refractivity contribution in [1.29, 1.82) is 0 Å². The topological polar surface area (TPSA) is 26.3 Å². The van der Waals surface area contributed by atoms with E-state index in [9.17, 15) is 18.0 Å². The Balaban J connectivity index is 3.18. The molecule has 0 aliphatic carbocycles. The molecule has 0 saturated carbocycles. The maximum Gasteiger partial charge on any atom is 0.416 e. The van der Waals surface area contributed by atoms with Crippen LogP contribution in [-0.4, -0.2) is 13.4 Å². The number of carbonyl (C=O) groups is 1. The minimum absolute atomic E-state index is 0.146. The lowest BCUT2D eigenvalue weighted by molar-refractivity contribution is -0.137. The van der Waals surface area contributed by atoms with Gasteiger partial charge in [-0.2, -0.15) is 13.2 Å². The molecule has 0 fully saturated rings. The molecular weight excluding hydrogens is 233 g/mol. The molecule has 17 heavy (non-hydrogen) atoms. The Kier molecular flexibility index (Phi) is 4.15. The van der Waals surface area contributed by atoms with Crippen molar-refractivity contribution in [3.05, 3.63) is 29.3 Å². The fourth-order valence-electron chi connectivity index (χ4n) is 1.47. The van der Waals surface area contributed by atoms with E-state index in [0.29, 0.717) is 11.8 Å². The van der Waals surface area contributed by atoms with Gasteiger partial charge in [-0.1, -0.05) is 6.92 Å². The number of hydrogen-bond donors (Lipinski definition) is 0. The first kappa shape index (κ1) is 13.5. The van der Waals surface area contributed by atoms with Gasteiger partial charge in [0, 0.05) is 6.42 Å². The third-order valence-corrected chi connectivity index (χ3v) is 2.51. The van der Waals surface area contributed by atoms with Crippen molar-refractivity contribution in [3.8, 4) is 5.75 Å². The smallest absolute Gasteiger partial charge is 0.416 e. The molecule has 0 bridgehead atoms. The molecule has 94 valence electrons. The predicted octanol–water partition coefficient (Wildman–Crippen LogP) is 3.41. The average molecular weight is 246 g/mol. The zero-order valence-electron chi connectivity index (χ0n) is 9.54. The molecule has 0 aliphatic heterocycles. The van der Waals surface area contributed by atoms with Crippen molar-refractivity contribution in [2.24, 2.45) is 0 Å². The zero-order valence-corrected chi connectivity index (χ0v) is 9.54. The van der Waals surface area contributed by atoms with Crippen LogP contribution in [0.15, 0.2) is 18.2 Å². The van der Waals surface area contributed by atoms with Crippen molar-refractivity contribution in [3.63, 3.8) is 0 Å². The van der Waals surface area contributed by atoms with Crippen LogP contribution in [0.25, 0.3) is 0 Å². The molecule has 1 unspecified atom stereocenters. The Morgan fingerprint density at radius 1 is 1.35 bits per heavy atom. The molecule has 0 heterocycles. The van der Waals surface area contributed by atoms with E-state index in [-0.39, 0.29) is 18.1 Å². The standard InChI is InChI=1S/C12H13F3O2/c1-8(3-4-16)9-5-10(12(13,14)15)7-11(6-9)17-2/h4-8H,3H2,1-2H3. The van der Waals surface area contributed by atoms with Crippen molar-refractivity contribution in [2.45, 2.75) is 25.4 Å². The largest absolute Gasteiger partial charge is 0.497 e. The lowest BCUT2D eigenvalue weighted by Gasteiger charge is -2.14. The molecule has 5 heteroatoms. The molecular formula is C12H13F3O2. The fourth-order valence-corrected chi connectivity index (χ4v) is 1.47. The van der Waals surface area contributed by atoms with Crippen LogP contribution in [-0.2, 0) is 11.0 Å². The van der Waals surface area contributed by atoms with E-state index < -0.39 is 11.7 Å². The Labute approximate surface area is 97.4 Å². The molecule has 0 saturated heterocycles. The first-order valence-corrected chi connectivity index (χ1v) is 5.08. The second-order valence-corrected chi connectivity index (χ2v) is 3.80. The van der Waals surface area contributed by atoms with Crippen LogP contribution in [0.2, 0.25) is 0 Å². The lowest BCUT2D eigenvalue weighted by Crippen LogP contribution is -2.07. The Morgan fingerprint density at radius 2 is 2.00 bits per heavy atom. The van der Waals surface area contributed by atoms with E-state index in [1.165, 1.54) is 13.2 Å². The van der Waals surface area contributed by atoms with Gasteiger partial charge < -0.3 is 9.53 Å². The summed E-state index contributed by atoms with van der Waals surface area (Å²) in [5, 5.41) is 0. The molecule has 0 N–H and O–H groups in total. The molecule has 1 rings (SSSR count). The molecule has 0 radical (unpaired) electrons. The number of alkyl halides is 3. The van der Waals surface area contributed by atoms with E-state index in [1.54, 1.807) is 6.92 Å². The number of halogens is 3. The van der Waals surface area contributed by atoms with E-state index in [0.717, 1.165) is 12.1 Å². The summed E-state index contributed by atoms with van der Waals surface area (Å²) in [6.07, 6.45) is -3.54. The average Bonchev–Trinajstić information content (AvgIpc) is 2.27. The monoisotopic (exact) mass is 246 g/mol. The molecule has 0 spiro atoms. The van der Waals surface area contributed by atoms with Gasteiger partial charge in [-0.3, -0.25) is 0 Å². The molecule has 1 aromatic rings. The van der Waals surface area contributed by atoms with Gasteiger partial charge in [0.2, 0.25) is 0 Å². The Bertz CT molecular complexity index is 399. The summed E-state index contributed by atoms with van der Waals surface area (Å²) in [4.78, 5) is 10.4. The number of benzene rings is 1. The first-order chi connectivity index (χ1) is 7.88. The summed E-state index contributed by atoms with van der Waals surface area (Å²) >= 11 is 0. The second kappa shape index (κ2) is 5.21. The van der Waals surface area contributed by atoms with Crippen molar-refractivity contribution in [1.82, 2.24) is 0 Å². The highest BCUT2D eigenvalue weighted by atomic mass is 19.4. The van der Waals surface area contributed by atoms with Gasteiger partial charge in [-0.15, -0.1) is 0 Å². The van der Waals surface area contributed by atoms with Crippen molar-refractivity contribution >= 4 is 6.29 Å². The molecule has 0 amide bonds. The third kappa shape index (κ3) is 3.47. The van der Waals surface area contributed by atoms with Gasteiger partial charge >= 0.3 is 6.18 Å². The van der Waals surface area contributed by atoms with Gasteiger partial charge in [0.1, 0.15) is 12.0 Å². The maximum absolute atomic E-state index is 12.6. The van der Waals surface area contributed by atoms with Crippen molar-refractivity contribution < 1.29 is 22.7 Å². The zero-order chi connectivity index (χ0) is 13.1. The van der Waals surface area contributed by atoms with Gasteiger partial charge in [0.25, 0.3) is 0 Å². The van der Waals surface area contributed by atoms with Gasteiger partial charge in [0.05, 0.1) is 12.7 Å². The maximum atomic E-state index is 12.6. The highest BCUT2D eigenvalue weighted by molar-refractivity contribution is 5.52. The Hall–Kier alpha value is -1.52. The van der Waals surface area contributed by atoms with Crippen LogP contribution in [0, 0.1) is 0 Å². The van der Waals surface area contributed by atoms with E-state index >= 15 is 0 Å². The quantitative estimate of drug-likeness (QED) is 0.761. The summed E-state index contributed by atoms with van der Waals surface area (Å²) in [7, 11) is 1.31. The second-order valence-electron chi connectivity index (χ2n) is 3.80. The number of methoxy groups -OCH3 is 1. The van der Waals surface area contributed by atoms with E-state index in [4.69, 9.17) is 4.74 Å². The SMILES string of the molecule is COc1cc(C(C)CC=O)cc(C(F)(F)F)c1. The van der Waals surface area contributed by atoms with Crippen LogP contribution < -0.4 is 4.74 Å². The highest BCUT2D eigenvalue weighted by Gasteiger charge is 2.31. The first-order valence-electron chi connectivity index (χ1n) is 5.08. The Morgan fingerprint density at radius 3 is 2.47 bits per heavy atom. The molecule has 0 aliphatic rings. The van der Waals surface area contributed by atoms with E-state index in [2.05, 4.69) is 0 Å². The number of aldehydes is 1. The van der Waals surface area contributed by atoms with Crippen LogP contribution in [0.4, 0.5) is 13.2 Å². The highest BCUT2D eigenvalue weighted by Crippen LogP contribution is 2.34. The van der Waals surface area contributed by atoms with Crippen LogP contribution in [0.5, 0.6) is 5.75 Å². The molecule has 1 aromatic carbocycles. The van der Waals surface area contributed by atoms with Crippen LogP contribution in [0.1, 0.15) is 30.4 Å². The number of hydrogen-bond acceptors (Lipinski definition) is 2. The minimum Gasteiger partial charge on any atom is -0.497 e. The summed E-state index contributed by atoms with van der Waals surface area (Å²) in [6, 6.07) is 3.51. The number of carbonyl (C=O) groups excluding carboxylic acids is 1. The lowest BCUT2D eigenvalue weighted by atomic mass is 9.96. The third-order valence-electron chi connectivity index (χ3n) is 2.51. The summed E-state index contributed by atoms with van der Waals surface area (Å²) < 4.78 is 42.7. The van der Waals surface area contributed by atoms with Crippen LogP contribution in [0.3, 0.4) is 0 Å². The van der Waals surface area contributed by atoms with E-state index in [1.807, 2.05) is 0 Å². The number of rotatable bonds is 4. The minimum atomic E-state index is -4.41.